The van der Waals surface area contributed by atoms with Crippen molar-refractivity contribution in [2.24, 2.45) is 0 Å². The Morgan fingerprint density at radius 2 is 1.97 bits per heavy atom. The second-order valence-corrected chi connectivity index (χ2v) is 7.13. The van der Waals surface area contributed by atoms with Gasteiger partial charge in [-0.2, -0.15) is 0 Å². The molecule has 1 amide bonds. The zero-order chi connectivity index (χ0) is 20.5. The van der Waals surface area contributed by atoms with E-state index in [1.807, 2.05) is 35.7 Å². The lowest BCUT2D eigenvalue weighted by Gasteiger charge is -2.08. The van der Waals surface area contributed by atoms with E-state index in [-0.39, 0.29) is 16.9 Å². The van der Waals surface area contributed by atoms with E-state index in [4.69, 9.17) is 0 Å². The van der Waals surface area contributed by atoms with Gasteiger partial charge in [0.1, 0.15) is 5.56 Å². The third-order valence-corrected chi connectivity index (χ3v) is 5.28. The van der Waals surface area contributed by atoms with Gasteiger partial charge in [-0.25, -0.2) is 4.98 Å². The summed E-state index contributed by atoms with van der Waals surface area (Å²) in [6, 6.07) is 13.5. The van der Waals surface area contributed by atoms with Crippen LogP contribution in [0.15, 0.2) is 64.9 Å². The van der Waals surface area contributed by atoms with Gasteiger partial charge in [0.25, 0.3) is 17.2 Å². The van der Waals surface area contributed by atoms with Crippen molar-refractivity contribution in [3.05, 3.63) is 91.7 Å². The van der Waals surface area contributed by atoms with Gasteiger partial charge in [0.2, 0.25) is 0 Å². The third kappa shape index (κ3) is 3.39. The van der Waals surface area contributed by atoms with E-state index >= 15 is 0 Å². The number of aromatic nitrogens is 2. The molecular weight excluding hydrogens is 392 g/mol. The number of nitro groups is 1. The summed E-state index contributed by atoms with van der Waals surface area (Å²) in [7, 11) is 0. The van der Waals surface area contributed by atoms with Gasteiger partial charge in [-0.1, -0.05) is 36.4 Å². The summed E-state index contributed by atoms with van der Waals surface area (Å²) in [4.78, 5) is 40.9. The number of aryl methyl sites for hydroxylation is 1. The number of amides is 1. The number of benzene rings is 2. The zero-order valence-electron chi connectivity index (χ0n) is 15.2. The maximum atomic E-state index is 13.0. The van der Waals surface area contributed by atoms with Crippen molar-refractivity contribution in [2.75, 3.05) is 5.32 Å². The minimum Gasteiger partial charge on any atom is -0.321 e. The van der Waals surface area contributed by atoms with Gasteiger partial charge < -0.3 is 5.32 Å². The number of non-ortho nitro benzene ring substituents is 1. The predicted molar refractivity (Wildman–Crippen MR) is 111 cm³/mol. The lowest BCUT2D eigenvalue weighted by molar-refractivity contribution is -0.384. The summed E-state index contributed by atoms with van der Waals surface area (Å²) in [5.74, 6) is -0.675. The molecule has 0 aliphatic heterocycles. The summed E-state index contributed by atoms with van der Waals surface area (Å²) in [6.45, 7) is 1.71. The Morgan fingerprint density at radius 3 is 2.69 bits per heavy atom. The van der Waals surface area contributed by atoms with Crippen LogP contribution in [0.2, 0.25) is 0 Å². The molecule has 0 saturated heterocycles. The molecule has 0 atom stereocenters. The first-order valence-electron chi connectivity index (χ1n) is 8.57. The average Bonchev–Trinajstić information content (AvgIpc) is 3.15. The standard InChI is InChI=1S/C20H14N4O4S/c1-12-7-8-14(24(27)28)9-16(12)22-18(25)15-10-21-20-23(19(15)26)17(11-29-20)13-5-3-2-4-6-13/h2-11H,1H3,(H,22,25). The van der Waals surface area contributed by atoms with Crippen LogP contribution in [0, 0.1) is 17.0 Å². The third-order valence-electron chi connectivity index (χ3n) is 4.44. The quantitative estimate of drug-likeness (QED) is 0.409. The smallest absolute Gasteiger partial charge is 0.271 e. The molecule has 0 aliphatic carbocycles. The Morgan fingerprint density at radius 1 is 1.21 bits per heavy atom. The molecule has 0 spiro atoms. The van der Waals surface area contributed by atoms with Crippen LogP contribution in [0.25, 0.3) is 16.2 Å². The summed E-state index contributed by atoms with van der Waals surface area (Å²) in [5, 5.41) is 15.4. The maximum absolute atomic E-state index is 13.0. The molecule has 4 rings (SSSR count). The maximum Gasteiger partial charge on any atom is 0.271 e. The largest absolute Gasteiger partial charge is 0.321 e. The van der Waals surface area contributed by atoms with Gasteiger partial charge in [0.05, 0.1) is 16.3 Å². The monoisotopic (exact) mass is 406 g/mol. The number of hydrogen-bond donors (Lipinski definition) is 1. The number of carbonyl (C=O) groups excluding carboxylic acids is 1. The molecule has 144 valence electrons. The normalized spacial score (nSPS) is 10.8. The number of anilines is 1. The Bertz CT molecular complexity index is 1310. The van der Waals surface area contributed by atoms with E-state index in [2.05, 4.69) is 10.3 Å². The average molecular weight is 406 g/mol. The van der Waals surface area contributed by atoms with Crippen molar-refractivity contribution < 1.29 is 9.72 Å². The second-order valence-electron chi connectivity index (χ2n) is 6.29. The van der Waals surface area contributed by atoms with Gasteiger partial charge in [-0.3, -0.25) is 24.1 Å². The minimum absolute atomic E-state index is 0.149. The number of thiazole rings is 1. The summed E-state index contributed by atoms with van der Waals surface area (Å²) < 4.78 is 1.40. The number of nitrogens with zero attached hydrogens (tertiary/aromatic N) is 3. The molecule has 0 aliphatic rings. The first kappa shape index (κ1) is 18.5. The molecule has 0 saturated carbocycles. The molecule has 1 N–H and O–H groups in total. The molecule has 2 aromatic heterocycles. The van der Waals surface area contributed by atoms with Crippen molar-refractivity contribution in [1.29, 1.82) is 0 Å². The van der Waals surface area contributed by atoms with E-state index in [9.17, 15) is 19.7 Å². The van der Waals surface area contributed by atoms with Crippen LogP contribution in [-0.2, 0) is 0 Å². The van der Waals surface area contributed by atoms with Crippen LogP contribution >= 0.6 is 11.3 Å². The van der Waals surface area contributed by atoms with Crippen LogP contribution in [-0.4, -0.2) is 20.2 Å². The van der Waals surface area contributed by atoms with E-state index in [0.29, 0.717) is 16.2 Å². The summed E-state index contributed by atoms with van der Waals surface area (Å²) in [6.07, 6.45) is 1.23. The van der Waals surface area contributed by atoms with Crippen LogP contribution in [0.3, 0.4) is 0 Å². The number of fused-ring (bicyclic) bond motifs is 1. The van der Waals surface area contributed by atoms with Crippen molar-refractivity contribution in [2.45, 2.75) is 6.92 Å². The molecule has 8 nitrogen and oxygen atoms in total. The Balaban J connectivity index is 1.76. The first-order valence-corrected chi connectivity index (χ1v) is 9.45. The Kier molecular flexibility index (Phi) is 4.65. The molecular formula is C20H14N4O4S. The Labute approximate surface area is 168 Å². The van der Waals surface area contributed by atoms with Crippen LogP contribution in [0.5, 0.6) is 0 Å². The highest BCUT2D eigenvalue weighted by molar-refractivity contribution is 7.15. The highest BCUT2D eigenvalue weighted by Crippen LogP contribution is 2.24. The van der Waals surface area contributed by atoms with E-state index in [1.165, 1.54) is 40.1 Å². The molecule has 0 fully saturated rings. The molecule has 0 radical (unpaired) electrons. The number of rotatable bonds is 4. The lowest BCUT2D eigenvalue weighted by Crippen LogP contribution is -2.26. The fraction of sp³-hybridized carbons (Fsp3) is 0.0500. The number of nitro benzene ring substituents is 1. The van der Waals surface area contributed by atoms with Crippen molar-refractivity contribution in [3.8, 4) is 11.3 Å². The minimum atomic E-state index is -0.675. The highest BCUT2D eigenvalue weighted by Gasteiger charge is 2.18. The fourth-order valence-electron chi connectivity index (χ4n) is 2.91. The zero-order valence-corrected chi connectivity index (χ0v) is 16.0. The number of carbonyl (C=O) groups is 1. The van der Waals surface area contributed by atoms with E-state index < -0.39 is 16.4 Å². The van der Waals surface area contributed by atoms with Crippen LogP contribution < -0.4 is 10.9 Å². The molecule has 9 heteroatoms. The molecule has 0 unspecified atom stereocenters. The topological polar surface area (TPSA) is 107 Å². The molecule has 0 bridgehead atoms. The van der Waals surface area contributed by atoms with E-state index in [0.717, 1.165) is 5.56 Å². The van der Waals surface area contributed by atoms with Gasteiger partial charge in [-0.05, 0) is 18.1 Å². The lowest BCUT2D eigenvalue weighted by atomic mass is 10.1. The van der Waals surface area contributed by atoms with E-state index in [1.54, 1.807) is 6.92 Å². The molecule has 2 aromatic carbocycles. The number of hydrogen-bond acceptors (Lipinski definition) is 6. The summed E-state index contributed by atoms with van der Waals surface area (Å²) in [5.41, 5.74) is 1.57. The molecule has 4 aromatic rings. The SMILES string of the molecule is Cc1ccc([N+](=O)[O-])cc1NC(=O)c1cnc2scc(-c3ccccc3)n2c1=O. The molecule has 29 heavy (non-hydrogen) atoms. The Hall–Kier alpha value is -3.85. The highest BCUT2D eigenvalue weighted by atomic mass is 32.1. The van der Waals surface area contributed by atoms with Gasteiger partial charge >= 0.3 is 0 Å². The predicted octanol–water partition coefficient (Wildman–Crippen LogP) is 3.89. The van der Waals surface area contributed by atoms with Gasteiger partial charge in [-0.15, -0.1) is 11.3 Å². The van der Waals surface area contributed by atoms with Crippen LogP contribution in [0.1, 0.15) is 15.9 Å². The van der Waals surface area contributed by atoms with Gasteiger partial charge in [0, 0.05) is 23.7 Å². The molecule has 2 heterocycles. The van der Waals surface area contributed by atoms with Gasteiger partial charge in [0.15, 0.2) is 4.96 Å². The van der Waals surface area contributed by atoms with Crippen LogP contribution in [0.4, 0.5) is 11.4 Å². The second kappa shape index (κ2) is 7.28. The number of nitrogens with one attached hydrogen (secondary N) is 1. The van der Waals surface area contributed by atoms with Crippen molar-refractivity contribution in [1.82, 2.24) is 9.38 Å². The van der Waals surface area contributed by atoms with Crippen molar-refractivity contribution >= 4 is 33.6 Å². The summed E-state index contributed by atoms with van der Waals surface area (Å²) >= 11 is 1.30. The first-order chi connectivity index (χ1) is 14.0. The fourth-order valence-corrected chi connectivity index (χ4v) is 3.77. The van der Waals surface area contributed by atoms with Crippen molar-refractivity contribution in [3.63, 3.8) is 0 Å².